The Morgan fingerprint density at radius 1 is 1.62 bits per heavy atom. The third kappa shape index (κ3) is 3.43. The molecule has 5 heteroatoms. The summed E-state index contributed by atoms with van der Waals surface area (Å²) < 4.78 is 5.59. The number of nitrogens with two attached hydrogens (primary N) is 1. The lowest BCUT2D eigenvalue weighted by atomic mass is 9.91. The number of amides is 1. The summed E-state index contributed by atoms with van der Waals surface area (Å²) in [6, 6.07) is 0. The lowest BCUT2D eigenvalue weighted by Gasteiger charge is -2.36. The van der Waals surface area contributed by atoms with Gasteiger partial charge in [0.25, 0.3) is 0 Å². The molecule has 1 saturated heterocycles. The second kappa shape index (κ2) is 5.61. The van der Waals surface area contributed by atoms with E-state index in [1.165, 1.54) is 0 Å². The van der Waals surface area contributed by atoms with Crippen molar-refractivity contribution in [1.29, 1.82) is 0 Å². The van der Waals surface area contributed by atoms with Crippen LogP contribution in [0.3, 0.4) is 0 Å². The van der Waals surface area contributed by atoms with E-state index in [0.29, 0.717) is 6.10 Å². The van der Waals surface area contributed by atoms with Crippen LogP contribution in [0.2, 0.25) is 0 Å². The molecule has 16 heavy (non-hydrogen) atoms. The Bertz CT molecular complexity index is 243. The monoisotopic (exact) mass is 229 g/mol. The summed E-state index contributed by atoms with van der Waals surface area (Å²) in [6.45, 7) is 9.19. The van der Waals surface area contributed by atoms with Crippen molar-refractivity contribution in [1.82, 2.24) is 10.3 Å². The van der Waals surface area contributed by atoms with Gasteiger partial charge in [-0.2, -0.15) is 0 Å². The molecule has 0 spiro atoms. The lowest BCUT2D eigenvalue weighted by molar-refractivity contribution is -0.131. The molecule has 0 aromatic heterocycles. The topological polar surface area (TPSA) is 67.6 Å². The van der Waals surface area contributed by atoms with Crippen LogP contribution in [0.5, 0.6) is 0 Å². The standard InChI is InChI=1S/C11H23N3O2/c1-4-9-7-14(5-6-16-9)8-11(2,3)10(15)13-12/h9H,4-8,12H2,1-3H3,(H,13,15). The number of nitrogens with zero attached hydrogens (tertiary/aromatic N) is 1. The molecule has 3 N–H and O–H groups in total. The SMILES string of the molecule is CCC1CN(CC(C)(C)C(=O)NN)CCO1. The van der Waals surface area contributed by atoms with Crippen LogP contribution in [0.4, 0.5) is 0 Å². The first-order valence-electron chi connectivity index (χ1n) is 5.84. The molecular weight excluding hydrogens is 206 g/mol. The predicted molar refractivity (Wildman–Crippen MR) is 62.6 cm³/mol. The zero-order valence-corrected chi connectivity index (χ0v) is 10.5. The van der Waals surface area contributed by atoms with Crippen molar-refractivity contribution in [2.24, 2.45) is 11.3 Å². The minimum absolute atomic E-state index is 0.118. The van der Waals surface area contributed by atoms with Gasteiger partial charge in [0.05, 0.1) is 18.1 Å². The average Bonchev–Trinajstić information content (AvgIpc) is 2.27. The molecule has 0 radical (unpaired) electrons. The number of hydrazine groups is 1. The van der Waals surface area contributed by atoms with Crippen molar-refractivity contribution < 1.29 is 9.53 Å². The van der Waals surface area contributed by atoms with Gasteiger partial charge in [-0.3, -0.25) is 15.1 Å². The summed E-state index contributed by atoms with van der Waals surface area (Å²) in [5, 5.41) is 0. The van der Waals surface area contributed by atoms with Crippen molar-refractivity contribution in [3.8, 4) is 0 Å². The van der Waals surface area contributed by atoms with Gasteiger partial charge in [0.2, 0.25) is 5.91 Å². The second-order valence-electron chi connectivity index (χ2n) is 4.99. The van der Waals surface area contributed by atoms with Gasteiger partial charge in [0.15, 0.2) is 0 Å². The third-order valence-corrected chi connectivity index (χ3v) is 3.04. The lowest BCUT2D eigenvalue weighted by Crippen LogP contribution is -2.51. The summed E-state index contributed by atoms with van der Waals surface area (Å²) in [5.74, 6) is 5.06. The molecule has 1 aliphatic heterocycles. The van der Waals surface area contributed by atoms with Crippen molar-refractivity contribution in [3.63, 3.8) is 0 Å². The molecule has 0 aromatic rings. The maximum Gasteiger partial charge on any atom is 0.240 e. The van der Waals surface area contributed by atoms with Crippen molar-refractivity contribution in [2.75, 3.05) is 26.2 Å². The van der Waals surface area contributed by atoms with E-state index in [2.05, 4.69) is 17.2 Å². The van der Waals surface area contributed by atoms with E-state index in [-0.39, 0.29) is 5.91 Å². The van der Waals surface area contributed by atoms with Crippen molar-refractivity contribution >= 4 is 5.91 Å². The van der Waals surface area contributed by atoms with Gasteiger partial charge < -0.3 is 4.74 Å². The number of carbonyl (C=O) groups excluding carboxylic acids is 1. The molecule has 0 saturated carbocycles. The fourth-order valence-electron chi connectivity index (χ4n) is 2.00. The summed E-state index contributed by atoms with van der Waals surface area (Å²) in [7, 11) is 0. The molecule has 1 unspecified atom stereocenters. The normalized spacial score (nSPS) is 23.1. The summed E-state index contributed by atoms with van der Waals surface area (Å²) in [6.07, 6.45) is 1.31. The first-order valence-corrected chi connectivity index (χ1v) is 5.84. The van der Waals surface area contributed by atoms with Crippen LogP contribution >= 0.6 is 0 Å². The quantitative estimate of drug-likeness (QED) is 0.408. The molecule has 0 bridgehead atoms. The smallest absolute Gasteiger partial charge is 0.240 e. The van der Waals surface area contributed by atoms with Crippen LogP contribution in [0.25, 0.3) is 0 Å². The highest BCUT2D eigenvalue weighted by Gasteiger charge is 2.31. The molecule has 1 atom stereocenters. The number of ether oxygens (including phenoxy) is 1. The van der Waals surface area contributed by atoms with Gasteiger partial charge in [-0.05, 0) is 20.3 Å². The van der Waals surface area contributed by atoms with Gasteiger partial charge in [-0.15, -0.1) is 0 Å². The minimum atomic E-state index is -0.454. The molecule has 1 aliphatic rings. The summed E-state index contributed by atoms with van der Waals surface area (Å²) in [5.41, 5.74) is 1.77. The van der Waals surface area contributed by atoms with Crippen LogP contribution in [0, 0.1) is 5.41 Å². The Morgan fingerprint density at radius 3 is 2.88 bits per heavy atom. The van der Waals surface area contributed by atoms with Crippen LogP contribution in [-0.2, 0) is 9.53 Å². The van der Waals surface area contributed by atoms with Gasteiger partial charge in [0.1, 0.15) is 0 Å². The highest BCUT2D eigenvalue weighted by Crippen LogP contribution is 2.19. The van der Waals surface area contributed by atoms with Gasteiger partial charge >= 0.3 is 0 Å². The average molecular weight is 229 g/mol. The Kier molecular flexibility index (Phi) is 4.70. The first kappa shape index (κ1) is 13.4. The Balaban J connectivity index is 2.49. The van der Waals surface area contributed by atoms with E-state index in [0.717, 1.165) is 32.7 Å². The maximum atomic E-state index is 11.6. The van der Waals surface area contributed by atoms with E-state index in [9.17, 15) is 4.79 Å². The van der Waals surface area contributed by atoms with Crippen LogP contribution in [0.1, 0.15) is 27.2 Å². The molecule has 0 aromatic carbocycles. The number of carbonyl (C=O) groups is 1. The van der Waals surface area contributed by atoms with Gasteiger partial charge in [0, 0.05) is 19.6 Å². The van der Waals surface area contributed by atoms with Crippen LogP contribution in [-0.4, -0.2) is 43.2 Å². The third-order valence-electron chi connectivity index (χ3n) is 3.04. The molecular formula is C11H23N3O2. The summed E-state index contributed by atoms with van der Waals surface area (Å²) >= 11 is 0. The molecule has 1 amide bonds. The number of nitrogens with one attached hydrogen (secondary N) is 1. The number of morpholine rings is 1. The molecule has 5 nitrogen and oxygen atoms in total. The summed E-state index contributed by atoms with van der Waals surface area (Å²) in [4.78, 5) is 13.8. The Hall–Kier alpha value is -0.650. The number of hydrogen-bond acceptors (Lipinski definition) is 4. The first-order chi connectivity index (χ1) is 7.49. The molecule has 1 fully saturated rings. The number of rotatable bonds is 4. The fraction of sp³-hybridized carbons (Fsp3) is 0.909. The van der Waals surface area contributed by atoms with Crippen LogP contribution in [0.15, 0.2) is 0 Å². The minimum Gasteiger partial charge on any atom is -0.376 e. The molecule has 1 rings (SSSR count). The largest absolute Gasteiger partial charge is 0.376 e. The van der Waals surface area contributed by atoms with Crippen LogP contribution < -0.4 is 11.3 Å². The zero-order chi connectivity index (χ0) is 12.2. The molecule has 94 valence electrons. The van der Waals surface area contributed by atoms with E-state index in [1.54, 1.807) is 0 Å². The van der Waals surface area contributed by atoms with Gasteiger partial charge in [-0.25, -0.2) is 5.84 Å². The van der Waals surface area contributed by atoms with Crippen molar-refractivity contribution in [2.45, 2.75) is 33.3 Å². The van der Waals surface area contributed by atoms with E-state index in [4.69, 9.17) is 10.6 Å². The Morgan fingerprint density at radius 2 is 2.31 bits per heavy atom. The Labute approximate surface area is 97.3 Å². The zero-order valence-electron chi connectivity index (χ0n) is 10.5. The molecule has 0 aliphatic carbocycles. The fourth-order valence-corrected chi connectivity index (χ4v) is 2.00. The predicted octanol–water partition coefficient (Wildman–Crippen LogP) is 0.113. The van der Waals surface area contributed by atoms with Crippen molar-refractivity contribution in [3.05, 3.63) is 0 Å². The molecule has 1 heterocycles. The maximum absolute atomic E-state index is 11.6. The highest BCUT2D eigenvalue weighted by molar-refractivity contribution is 5.81. The highest BCUT2D eigenvalue weighted by atomic mass is 16.5. The van der Waals surface area contributed by atoms with E-state index < -0.39 is 5.41 Å². The second-order valence-corrected chi connectivity index (χ2v) is 4.99. The van der Waals surface area contributed by atoms with E-state index >= 15 is 0 Å². The number of hydrogen-bond donors (Lipinski definition) is 2. The van der Waals surface area contributed by atoms with Gasteiger partial charge in [-0.1, -0.05) is 6.92 Å². The van der Waals surface area contributed by atoms with E-state index in [1.807, 2.05) is 13.8 Å².